The normalized spacial score (nSPS) is 16.2. The minimum Gasteiger partial charge on any atom is -0.481 e. The zero-order chi connectivity index (χ0) is 20.4. The first-order chi connectivity index (χ1) is 14.0. The number of hydrogen-bond donors (Lipinski definition) is 1. The van der Waals surface area contributed by atoms with Crippen LogP contribution in [0, 0.1) is 0 Å². The first-order valence-corrected chi connectivity index (χ1v) is 10.8. The summed E-state index contributed by atoms with van der Waals surface area (Å²) in [6, 6.07) is 17.3. The van der Waals surface area contributed by atoms with E-state index in [1.54, 1.807) is 17.0 Å². The molecule has 0 saturated carbocycles. The van der Waals surface area contributed by atoms with Gasteiger partial charge >= 0.3 is 5.97 Å². The second kappa shape index (κ2) is 8.39. The first-order valence-electron chi connectivity index (χ1n) is 9.50. The van der Waals surface area contributed by atoms with Gasteiger partial charge < -0.3 is 10.0 Å². The summed E-state index contributed by atoms with van der Waals surface area (Å²) in [7, 11) is 0. The van der Waals surface area contributed by atoms with E-state index >= 15 is 0 Å². The van der Waals surface area contributed by atoms with Crippen molar-refractivity contribution in [2.75, 3.05) is 11.4 Å². The molecule has 4 rings (SSSR count). The Bertz CT molecular complexity index is 1050. The molecule has 0 radical (unpaired) electrons. The molecule has 0 spiro atoms. The van der Waals surface area contributed by atoms with Crippen molar-refractivity contribution in [2.24, 2.45) is 0 Å². The zero-order valence-corrected chi connectivity index (χ0v) is 17.2. The van der Waals surface area contributed by atoms with Crippen molar-refractivity contribution in [3.8, 4) is 11.1 Å². The fourth-order valence-corrected chi connectivity index (χ4v) is 4.91. The van der Waals surface area contributed by atoms with Crippen LogP contribution < -0.4 is 4.90 Å². The highest BCUT2D eigenvalue weighted by molar-refractivity contribution is 7.12. The van der Waals surface area contributed by atoms with Gasteiger partial charge in [-0.25, -0.2) is 0 Å². The van der Waals surface area contributed by atoms with E-state index in [2.05, 4.69) is 0 Å². The van der Waals surface area contributed by atoms with Crippen molar-refractivity contribution in [3.05, 3.63) is 75.4 Å². The minimum atomic E-state index is -0.841. The first kappa shape index (κ1) is 19.7. The summed E-state index contributed by atoms with van der Waals surface area (Å²) in [6.45, 7) is 0.558. The third-order valence-corrected chi connectivity index (χ3v) is 6.39. The molecule has 3 aromatic rings. The number of aliphatic carboxylic acids is 1. The summed E-state index contributed by atoms with van der Waals surface area (Å²) in [5.74, 6) is -1.05. The number of fused-ring (bicyclic) bond motifs is 1. The Morgan fingerprint density at radius 1 is 1.10 bits per heavy atom. The Labute approximate surface area is 178 Å². The van der Waals surface area contributed by atoms with E-state index in [1.165, 1.54) is 11.3 Å². The molecule has 1 atom stereocenters. The Morgan fingerprint density at radius 2 is 1.90 bits per heavy atom. The van der Waals surface area contributed by atoms with E-state index in [-0.39, 0.29) is 18.2 Å². The van der Waals surface area contributed by atoms with Gasteiger partial charge in [0.05, 0.1) is 11.3 Å². The minimum absolute atomic E-state index is 0.0343. The fraction of sp³-hybridized carbons (Fsp3) is 0.217. The number of benzene rings is 2. The van der Waals surface area contributed by atoms with Crippen LogP contribution in [0.3, 0.4) is 0 Å². The summed E-state index contributed by atoms with van der Waals surface area (Å²) in [5, 5.41) is 11.9. The summed E-state index contributed by atoms with van der Waals surface area (Å²) < 4.78 is 0. The molecule has 29 heavy (non-hydrogen) atoms. The lowest BCUT2D eigenvalue weighted by Crippen LogP contribution is -2.31. The van der Waals surface area contributed by atoms with Crippen LogP contribution in [0.5, 0.6) is 0 Å². The average Bonchev–Trinajstić information content (AvgIpc) is 3.14. The molecule has 0 saturated heterocycles. The Hall–Kier alpha value is -2.63. The van der Waals surface area contributed by atoms with Crippen LogP contribution in [0.15, 0.2) is 60.0 Å². The topological polar surface area (TPSA) is 57.6 Å². The SMILES string of the molecule is O=C(O)CC1CCCN(C(=O)c2cc(-c3ccccc3)cs2)c2ccc(Cl)cc21. The summed E-state index contributed by atoms with van der Waals surface area (Å²) in [6.07, 6.45) is 1.49. The molecule has 2 aromatic carbocycles. The standard InChI is InChI=1S/C23H20ClNO3S/c24-18-8-9-20-19(13-18)16(12-22(26)27)7-4-10-25(20)23(28)21-11-17(14-29-21)15-5-2-1-3-6-15/h1-3,5-6,8-9,11,13-14,16H,4,7,10,12H2,(H,26,27). The number of carbonyl (C=O) groups excluding carboxylic acids is 1. The van der Waals surface area contributed by atoms with Gasteiger partial charge in [-0.1, -0.05) is 41.9 Å². The van der Waals surface area contributed by atoms with E-state index < -0.39 is 5.97 Å². The number of thiophene rings is 1. The van der Waals surface area contributed by atoms with E-state index in [4.69, 9.17) is 11.6 Å². The molecule has 1 amide bonds. The predicted octanol–water partition coefficient (Wildman–Crippen LogP) is 6.07. The van der Waals surface area contributed by atoms with Crippen molar-refractivity contribution >= 4 is 40.5 Å². The number of nitrogens with zero attached hydrogens (tertiary/aromatic N) is 1. The molecule has 148 valence electrons. The van der Waals surface area contributed by atoms with Crippen molar-refractivity contribution in [2.45, 2.75) is 25.2 Å². The Kier molecular flexibility index (Phi) is 5.69. The summed E-state index contributed by atoms with van der Waals surface area (Å²) in [5.41, 5.74) is 3.70. The maximum Gasteiger partial charge on any atom is 0.303 e. The highest BCUT2D eigenvalue weighted by Crippen LogP contribution is 2.39. The lowest BCUT2D eigenvalue weighted by Gasteiger charge is -2.23. The van der Waals surface area contributed by atoms with E-state index in [0.717, 1.165) is 28.8 Å². The molecular weight excluding hydrogens is 406 g/mol. The smallest absolute Gasteiger partial charge is 0.303 e. The van der Waals surface area contributed by atoms with E-state index in [9.17, 15) is 14.7 Å². The van der Waals surface area contributed by atoms with E-state index in [0.29, 0.717) is 22.9 Å². The van der Waals surface area contributed by atoms with Gasteiger partial charge in [-0.3, -0.25) is 9.59 Å². The van der Waals surface area contributed by atoms with Crippen molar-refractivity contribution < 1.29 is 14.7 Å². The fourth-order valence-electron chi connectivity index (χ4n) is 3.87. The maximum absolute atomic E-state index is 13.4. The number of carbonyl (C=O) groups is 2. The van der Waals surface area contributed by atoms with Gasteiger partial charge in [0.1, 0.15) is 0 Å². The molecule has 6 heteroatoms. The molecule has 2 heterocycles. The summed E-state index contributed by atoms with van der Waals surface area (Å²) in [4.78, 5) is 27.1. The molecule has 1 aromatic heterocycles. The number of rotatable bonds is 4. The monoisotopic (exact) mass is 425 g/mol. The van der Waals surface area contributed by atoms with Gasteiger partial charge in [0.15, 0.2) is 0 Å². The Balaban J connectivity index is 1.68. The van der Waals surface area contributed by atoms with Crippen LogP contribution in [0.1, 0.15) is 40.4 Å². The number of hydrogen-bond acceptors (Lipinski definition) is 3. The molecule has 0 bridgehead atoms. The van der Waals surface area contributed by atoms with Gasteiger partial charge in [-0.05, 0) is 65.1 Å². The van der Waals surface area contributed by atoms with Crippen LogP contribution in [-0.4, -0.2) is 23.5 Å². The van der Waals surface area contributed by atoms with Crippen LogP contribution in [0.4, 0.5) is 5.69 Å². The van der Waals surface area contributed by atoms with Crippen molar-refractivity contribution in [3.63, 3.8) is 0 Å². The van der Waals surface area contributed by atoms with Gasteiger partial charge in [-0.15, -0.1) is 11.3 Å². The predicted molar refractivity (Wildman–Crippen MR) is 117 cm³/mol. The number of amides is 1. The van der Waals surface area contributed by atoms with Crippen molar-refractivity contribution in [1.29, 1.82) is 0 Å². The van der Waals surface area contributed by atoms with Crippen molar-refractivity contribution in [1.82, 2.24) is 0 Å². The van der Waals surface area contributed by atoms with Gasteiger partial charge in [-0.2, -0.15) is 0 Å². The van der Waals surface area contributed by atoms with E-state index in [1.807, 2.05) is 47.8 Å². The quantitative estimate of drug-likeness (QED) is 0.552. The number of halogens is 1. The summed E-state index contributed by atoms with van der Waals surface area (Å²) >= 11 is 7.63. The second-order valence-corrected chi connectivity index (χ2v) is 8.51. The highest BCUT2D eigenvalue weighted by atomic mass is 35.5. The van der Waals surface area contributed by atoms with Gasteiger partial charge in [0.2, 0.25) is 0 Å². The molecule has 1 N–H and O–H groups in total. The average molecular weight is 426 g/mol. The van der Waals surface area contributed by atoms with Crippen LogP contribution in [-0.2, 0) is 4.79 Å². The third-order valence-electron chi connectivity index (χ3n) is 5.24. The lowest BCUT2D eigenvalue weighted by atomic mass is 9.91. The lowest BCUT2D eigenvalue weighted by molar-refractivity contribution is -0.137. The van der Waals surface area contributed by atoms with Crippen LogP contribution in [0.25, 0.3) is 11.1 Å². The van der Waals surface area contributed by atoms with Crippen LogP contribution in [0.2, 0.25) is 5.02 Å². The molecule has 1 aliphatic rings. The van der Waals surface area contributed by atoms with Gasteiger partial charge in [0.25, 0.3) is 5.91 Å². The second-order valence-electron chi connectivity index (χ2n) is 7.16. The third kappa shape index (κ3) is 4.21. The number of anilines is 1. The molecule has 1 unspecified atom stereocenters. The number of carboxylic acid groups (broad SMARTS) is 1. The molecule has 1 aliphatic heterocycles. The largest absolute Gasteiger partial charge is 0.481 e. The molecular formula is C23H20ClNO3S. The molecule has 4 nitrogen and oxygen atoms in total. The molecule has 0 fully saturated rings. The van der Waals surface area contributed by atoms with Crippen LogP contribution >= 0.6 is 22.9 Å². The van der Waals surface area contributed by atoms with Gasteiger partial charge in [0, 0.05) is 17.3 Å². The Morgan fingerprint density at radius 3 is 2.66 bits per heavy atom. The highest BCUT2D eigenvalue weighted by Gasteiger charge is 2.29. The zero-order valence-electron chi connectivity index (χ0n) is 15.7. The molecule has 0 aliphatic carbocycles. The maximum atomic E-state index is 13.4. The number of carboxylic acids is 1.